The largest absolute Gasteiger partial charge is 0.494 e. The molecule has 4 rings (SSSR count). The Balaban J connectivity index is 1.49. The van der Waals surface area contributed by atoms with Crippen molar-refractivity contribution in [1.29, 1.82) is 0 Å². The number of aromatic nitrogens is 4. The van der Waals surface area contributed by atoms with Crippen LogP contribution in [0.1, 0.15) is 12.8 Å². The molecule has 7 heteroatoms. The van der Waals surface area contributed by atoms with E-state index in [1.807, 2.05) is 61.5 Å². The molecule has 0 spiro atoms. The van der Waals surface area contributed by atoms with Crippen molar-refractivity contribution in [3.8, 4) is 28.4 Å². The molecule has 0 saturated carbocycles. The Morgan fingerprint density at radius 2 is 1.76 bits per heavy atom. The lowest BCUT2D eigenvalue weighted by molar-refractivity contribution is 0.340. The predicted molar refractivity (Wildman–Crippen MR) is 109 cm³/mol. The van der Waals surface area contributed by atoms with Crippen molar-refractivity contribution in [1.82, 2.24) is 19.9 Å². The Morgan fingerprint density at radius 1 is 0.966 bits per heavy atom. The Morgan fingerprint density at radius 3 is 2.52 bits per heavy atom. The number of aryl methyl sites for hydroxylation is 2. The molecule has 0 saturated heterocycles. The van der Waals surface area contributed by atoms with Crippen molar-refractivity contribution in [3.05, 3.63) is 83.0 Å². The van der Waals surface area contributed by atoms with Crippen molar-refractivity contribution in [2.24, 2.45) is 0 Å². The van der Waals surface area contributed by atoms with Gasteiger partial charge < -0.3 is 9.26 Å². The molecule has 0 unspecified atom stereocenters. The number of hydrogen-bond acceptors (Lipinski definition) is 6. The Labute approximate surface area is 167 Å². The predicted octanol–water partition coefficient (Wildman–Crippen LogP) is 3.60. The van der Waals surface area contributed by atoms with E-state index in [9.17, 15) is 4.79 Å². The van der Waals surface area contributed by atoms with Crippen LogP contribution in [0.15, 0.2) is 76.0 Å². The smallest absolute Gasteiger partial charge is 0.266 e. The van der Waals surface area contributed by atoms with Gasteiger partial charge in [-0.2, -0.15) is 10.1 Å². The van der Waals surface area contributed by atoms with E-state index in [1.165, 1.54) is 10.7 Å². The Bertz CT molecular complexity index is 1130. The van der Waals surface area contributed by atoms with Crippen molar-refractivity contribution in [2.75, 3.05) is 6.61 Å². The van der Waals surface area contributed by atoms with Crippen LogP contribution < -0.4 is 10.3 Å². The molecule has 4 aromatic rings. The normalized spacial score (nSPS) is 10.8. The van der Waals surface area contributed by atoms with E-state index in [2.05, 4.69) is 15.2 Å². The van der Waals surface area contributed by atoms with Gasteiger partial charge in [0, 0.05) is 23.6 Å². The highest BCUT2D eigenvalue weighted by Crippen LogP contribution is 2.20. The average Bonchev–Trinajstić information content (AvgIpc) is 3.24. The fourth-order valence-corrected chi connectivity index (χ4v) is 2.91. The fourth-order valence-electron chi connectivity index (χ4n) is 2.91. The first-order chi connectivity index (χ1) is 14.2. The molecule has 2 aromatic carbocycles. The van der Waals surface area contributed by atoms with E-state index in [-0.39, 0.29) is 5.56 Å². The van der Waals surface area contributed by atoms with Crippen LogP contribution in [0.2, 0.25) is 0 Å². The first-order valence-electron chi connectivity index (χ1n) is 9.42. The minimum Gasteiger partial charge on any atom is -0.494 e. The standard InChI is InChI=1S/C22H20N4O3/c1-2-28-18-10-8-16(9-11-18)19-12-13-21(27)26(24-19)15-14-20-23-22(25-29-20)17-6-4-3-5-7-17/h3-13H,2,14-15H2,1H3. The number of nitrogens with zero attached hydrogens (tertiary/aromatic N) is 4. The van der Waals surface area contributed by atoms with Crippen molar-refractivity contribution in [2.45, 2.75) is 19.9 Å². The summed E-state index contributed by atoms with van der Waals surface area (Å²) in [5.41, 5.74) is 2.33. The summed E-state index contributed by atoms with van der Waals surface area (Å²) in [7, 11) is 0. The minimum atomic E-state index is -0.178. The quantitative estimate of drug-likeness (QED) is 0.481. The molecule has 0 radical (unpaired) electrons. The summed E-state index contributed by atoms with van der Waals surface area (Å²) >= 11 is 0. The summed E-state index contributed by atoms with van der Waals surface area (Å²) in [5, 5.41) is 8.48. The third-order valence-electron chi connectivity index (χ3n) is 4.37. The van der Waals surface area contributed by atoms with Gasteiger partial charge in [-0.15, -0.1) is 0 Å². The average molecular weight is 388 g/mol. The highest BCUT2D eigenvalue weighted by atomic mass is 16.5. The zero-order valence-corrected chi connectivity index (χ0v) is 16.0. The third-order valence-corrected chi connectivity index (χ3v) is 4.37. The summed E-state index contributed by atoms with van der Waals surface area (Å²) < 4.78 is 12.2. The number of hydrogen-bond donors (Lipinski definition) is 0. The zero-order chi connectivity index (χ0) is 20.1. The van der Waals surface area contributed by atoms with E-state index in [0.29, 0.717) is 37.0 Å². The second-order valence-electron chi connectivity index (χ2n) is 6.37. The van der Waals surface area contributed by atoms with E-state index >= 15 is 0 Å². The van der Waals surface area contributed by atoms with Gasteiger partial charge in [-0.25, -0.2) is 4.68 Å². The molecule has 146 valence electrons. The molecule has 0 aliphatic heterocycles. The van der Waals surface area contributed by atoms with Crippen molar-refractivity contribution in [3.63, 3.8) is 0 Å². The lowest BCUT2D eigenvalue weighted by Crippen LogP contribution is -2.23. The van der Waals surface area contributed by atoms with Crippen molar-refractivity contribution < 1.29 is 9.26 Å². The van der Waals surface area contributed by atoms with Crippen LogP contribution in [-0.2, 0) is 13.0 Å². The maximum atomic E-state index is 12.2. The number of benzene rings is 2. The van der Waals surface area contributed by atoms with Gasteiger partial charge in [-0.3, -0.25) is 4.79 Å². The van der Waals surface area contributed by atoms with E-state index in [4.69, 9.17) is 9.26 Å². The lowest BCUT2D eigenvalue weighted by Gasteiger charge is -2.07. The van der Waals surface area contributed by atoms with E-state index < -0.39 is 0 Å². The molecule has 0 bridgehead atoms. The van der Waals surface area contributed by atoms with Gasteiger partial charge in [-0.05, 0) is 37.3 Å². The van der Waals surface area contributed by atoms with Gasteiger partial charge in [0.1, 0.15) is 5.75 Å². The topological polar surface area (TPSA) is 83.0 Å². The van der Waals surface area contributed by atoms with Crippen LogP contribution in [-0.4, -0.2) is 26.5 Å². The summed E-state index contributed by atoms with van der Waals surface area (Å²) in [4.78, 5) is 16.6. The second kappa shape index (κ2) is 8.52. The first-order valence-corrected chi connectivity index (χ1v) is 9.42. The van der Waals surface area contributed by atoms with Gasteiger partial charge in [0.05, 0.1) is 18.8 Å². The molecule has 0 amide bonds. The molecule has 0 aliphatic rings. The van der Waals surface area contributed by atoms with Crippen LogP contribution in [0, 0.1) is 0 Å². The van der Waals surface area contributed by atoms with Gasteiger partial charge in [-0.1, -0.05) is 35.5 Å². The zero-order valence-electron chi connectivity index (χ0n) is 16.0. The van der Waals surface area contributed by atoms with E-state index in [0.717, 1.165) is 16.9 Å². The highest BCUT2D eigenvalue weighted by molar-refractivity contribution is 5.59. The van der Waals surface area contributed by atoms with Gasteiger partial charge in [0.25, 0.3) is 5.56 Å². The number of rotatable bonds is 7. The molecule has 0 aliphatic carbocycles. The SMILES string of the molecule is CCOc1ccc(-c2ccc(=O)n(CCc3nc(-c4ccccc4)no3)n2)cc1. The number of ether oxygens (including phenoxy) is 1. The summed E-state index contributed by atoms with van der Waals surface area (Å²) in [6, 6.07) is 20.5. The maximum absolute atomic E-state index is 12.2. The van der Waals surface area contributed by atoms with Gasteiger partial charge >= 0.3 is 0 Å². The van der Waals surface area contributed by atoms with Crippen LogP contribution in [0.5, 0.6) is 5.75 Å². The molecule has 2 heterocycles. The molecule has 29 heavy (non-hydrogen) atoms. The molecule has 2 aromatic heterocycles. The highest BCUT2D eigenvalue weighted by Gasteiger charge is 2.10. The summed E-state index contributed by atoms with van der Waals surface area (Å²) in [6.45, 7) is 2.90. The lowest BCUT2D eigenvalue weighted by atomic mass is 10.1. The van der Waals surface area contributed by atoms with Crippen molar-refractivity contribution >= 4 is 0 Å². The Kier molecular flexibility index (Phi) is 5.47. The summed E-state index contributed by atoms with van der Waals surface area (Å²) in [5.74, 6) is 1.79. The first kappa shape index (κ1) is 18.6. The van der Waals surface area contributed by atoms with E-state index in [1.54, 1.807) is 6.07 Å². The monoisotopic (exact) mass is 388 g/mol. The molecular weight excluding hydrogens is 368 g/mol. The van der Waals surface area contributed by atoms with Crippen LogP contribution in [0.4, 0.5) is 0 Å². The van der Waals surface area contributed by atoms with Crippen LogP contribution >= 0.6 is 0 Å². The second-order valence-corrected chi connectivity index (χ2v) is 6.37. The Hall–Kier alpha value is -3.74. The van der Waals surface area contributed by atoms with Crippen LogP contribution in [0.3, 0.4) is 0 Å². The van der Waals surface area contributed by atoms with Crippen LogP contribution in [0.25, 0.3) is 22.6 Å². The molecule has 0 fully saturated rings. The van der Waals surface area contributed by atoms with Gasteiger partial charge in [0.15, 0.2) is 0 Å². The molecular formula is C22H20N4O3. The molecule has 7 nitrogen and oxygen atoms in total. The maximum Gasteiger partial charge on any atom is 0.266 e. The molecule has 0 N–H and O–H groups in total. The third kappa shape index (κ3) is 4.40. The summed E-state index contributed by atoms with van der Waals surface area (Å²) in [6.07, 6.45) is 0.416. The minimum absolute atomic E-state index is 0.178. The fraction of sp³-hybridized carbons (Fsp3) is 0.182. The van der Waals surface area contributed by atoms with Gasteiger partial charge in [0.2, 0.25) is 11.7 Å². The molecule has 0 atom stereocenters.